The van der Waals surface area contributed by atoms with Crippen molar-refractivity contribution in [3.05, 3.63) is 41.9 Å². The van der Waals surface area contributed by atoms with E-state index in [1.54, 1.807) is 23.0 Å². The van der Waals surface area contributed by atoms with Gasteiger partial charge in [0.1, 0.15) is 5.52 Å². The molecule has 10 heteroatoms. The van der Waals surface area contributed by atoms with Gasteiger partial charge in [0.15, 0.2) is 17.3 Å². The SMILES string of the molecule is Cc1ccc2c(c1)nc(C(F)(F)F)c1nc(-c3ncc[nH]3)n(CCC3CNCCO3)c12. The number of alkyl halides is 3. The summed E-state index contributed by atoms with van der Waals surface area (Å²) in [5, 5.41) is 3.91. The van der Waals surface area contributed by atoms with E-state index in [4.69, 9.17) is 4.74 Å². The van der Waals surface area contributed by atoms with Crippen LogP contribution in [-0.4, -0.2) is 50.3 Å². The summed E-state index contributed by atoms with van der Waals surface area (Å²) in [5.41, 5.74) is 0.391. The fourth-order valence-electron chi connectivity index (χ4n) is 4.06. The molecule has 1 unspecified atom stereocenters. The van der Waals surface area contributed by atoms with Crippen LogP contribution in [0.5, 0.6) is 0 Å². The number of aromatic nitrogens is 5. The molecule has 3 aromatic heterocycles. The average molecular weight is 430 g/mol. The van der Waals surface area contributed by atoms with E-state index in [9.17, 15) is 13.2 Å². The molecule has 1 saturated heterocycles. The number of hydrogen-bond acceptors (Lipinski definition) is 5. The molecule has 0 bridgehead atoms. The van der Waals surface area contributed by atoms with Gasteiger partial charge in [0.25, 0.3) is 0 Å². The molecule has 1 fully saturated rings. The van der Waals surface area contributed by atoms with E-state index in [1.807, 2.05) is 19.1 Å². The average Bonchev–Trinajstić information content (AvgIpc) is 3.39. The molecule has 0 spiro atoms. The number of benzene rings is 1. The Balaban J connectivity index is 1.75. The van der Waals surface area contributed by atoms with E-state index in [0.717, 1.165) is 12.1 Å². The minimum atomic E-state index is -4.63. The molecule has 1 aliphatic rings. The quantitative estimate of drug-likeness (QED) is 0.516. The van der Waals surface area contributed by atoms with Crippen LogP contribution in [0.15, 0.2) is 30.6 Å². The van der Waals surface area contributed by atoms with Gasteiger partial charge in [-0.3, -0.25) is 0 Å². The summed E-state index contributed by atoms with van der Waals surface area (Å²) < 4.78 is 49.4. The Bertz CT molecular complexity index is 1230. The Morgan fingerprint density at radius 1 is 1.26 bits per heavy atom. The van der Waals surface area contributed by atoms with Crippen LogP contribution in [0.3, 0.4) is 0 Å². The van der Waals surface area contributed by atoms with Crippen LogP contribution >= 0.6 is 0 Å². The second kappa shape index (κ2) is 7.61. The molecule has 31 heavy (non-hydrogen) atoms. The van der Waals surface area contributed by atoms with Gasteiger partial charge in [0.05, 0.1) is 23.7 Å². The lowest BCUT2D eigenvalue weighted by molar-refractivity contribution is -0.139. The molecular weight excluding hydrogens is 409 g/mol. The third-order valence-corrected chi connectivity index (χ3v) is 5.49. The number of pyridine rings is 1. The van der Waals surface area contributed by atoms with Crippen LogP contribution in [0.4, 0.5) is 13.2 Å². The number of aryl methyl sites for hydroxylation is 2. The summed E-state index contributed by atoms with van der Waals surface area (Å²) in [6, 6.07) is 5.35. The number of morpholine rings is 1. The smallest absolute Gasteiger partial charge is 0.376 e. The molecule has 0 radical (unpaired) electrons. The minimum Gasteiger partial charge on any atom is -0.376 e. The fraction of sp³-hybridized carbons (Fsp3) is 0.381. The van der Waals surface area contributed by atoms with Gasteiger partial charge in [-0.2, -0.15) is 13.2 Å². The molecule has 5 rings (SSSR count). The zero-order valence-electron chi connectivity index (χ0n) is 16.8. The summed E-state index contributed by atoms with van der Waals surface area (Å²) in [4.78, 5) is 15.6. The number of imidazole rings is 2. The standard InChI is InChI=1S/C21H21F3N6O/c1-12-2-3-14-15(10-12)28-18(21(22,23)24)16-17(14)30(8-4-13-11-25-7-9-31-13)20(29-16)19-26-5-6-27-19/h2-3,5-6,10,13,25H,4,7-9,11H2,1H3,(H,26,27). The molecule has 0 saturated carbocycles. The van der Waals surface area contributed by atoms with Gasteiger partial charge >= 0.3 is 6.18 Å². The maximum atomic E-state index is 13.9. The van der Waals surface area contributed by atoms with Crippen LogP contribution in [0.1, 0.15) is 17.7 Å². The van der Waals surface area contributed by atoms with E-state index >= 15 is 0 Å². The molecule has 162 valence electrons. The highest BCUT2D eigenvalue weighted by molar-refractivity contribution is 6.04. The Morgan fingerprint density at radius 3 is 2.84 bits per heavy atom. The first-order chi connectivity index (χ1) is 14.9. The topological polar surface area (TPSA) is 80.7 Å². The van der Waals surface area contributed by atoms with Crippen LogP contribution in [0.2, 0.25) is 0 Å². The second-order valence-electron chi connectivity index (χ2n) is 7.69. The molecule has 0 aliphatic carbocycles. The van der Waals surface area contributed by atoms with Crippen molar-refractivity contribution in [3.63, 3.8) is 0 Å². The maximum absolute atomic E-state index is 13.9. The largest absolute Gasteiger partial charge is 0.435 e. The molecule has 2 N–H and O–H groups in total. The van der Waals surface area contributed by atoms with Crippen molar-refractivity contribution in [2.75, 3.05) is 19.7 Å². The number of nitrogens with one attached hydrogen (secondary N) is 2. The zero-order chi connectivity index (χ0) is 21.6. The number of halogens is 3. The molecule has 0 amide bonds. The van der Waals surface area contributed by atoms with Crippen molar-refractivity contribution >= 4 is 21.9 Å². The number of nitrogens with zero attached hydrogens (tertiary/aromatic N) is 4. The summed E-state index contributed by atoms with van der Waals surface area (Å²) in [6.07, 6.45) is -0.849. The lowest BCUT2D eigenvalue weighted by atomic mass is 10.1. The van der Waals surface area contributed by atoms with Crippen molar-refractivity contribution in [2.45, 2.75) is 32.2 Å². The molecule has 7 nitrogen and oxygen atoms in total. The van der Waals surface area contributed by atoms with Gasteiger partial charge < -0.3 is 19.6 Å². The Labute approximate surface area is 175 Å². The fourth-order valence-corrected chi connectivity index (χ4v) is 4.06. The highest BCUT2D eigenvalue weighted by atomic mass is 19.4. The minimum absolute atomic E-state index is 0.0203. The van der Waals surface area contributed by atoms with Gasteiger partial charge in [-0.25, -0.2) is 15.0 Å². The lowest BCUT2D eigenvalue weighted by Crippen LogP contribution is -2.38. The Morgan fingerprint density at radius 2 is 2.13 bits per heavy atom. The van der Waals surface area contributed by atoms with Crippen molar-refractivity contribution in [1.29, 1.82) is 0 Å². The first-order valence-electron chi connectivity index (χ1n) is 10.1. The molecule has 1 atom stereocenters. The van der Waals surface area contributed by atoms with E-state index < -0.39 is 11.9 Å². The number of ether oxygens (including phenoxy) is 1. The van der Waals surface area contributed by atoms with Gasteiger partial charge in [0, 0.05) is 37.4 Å². The van der Waals surface area contributed by atoms with Crippen molar-refractivity contribution in [1.82, 2.24) is 29.8 Å². The molecule has 4 heterocycles. The van der Waals surface area contributed by atoms with Gasteiger partial charge in [-0.1, -0.05) is 12.1 Å². The first-order valence-corrected chi connectivity index (χ1v) is 10.1. The lowest BCUT2D eigenvalue weighted by Gasteiger charge is -2.24. The number of fused-ring (bicyclic) bond motifs is 3. The first kappa shape index (κ1) is 20.0. The molecule has 1 aromatic carbocycles. The summed E-state index contributed by atoms with van der Waals surface area (Å²) in [5.74, 6) is 0.761. The number of hydrogen-bond donors (Lipinski definition) is 2. The van der Waals surface area contributed by atoms with E-state index in [2.05, 4.69) is 25.3 Å². The van der Waals surface area contributed by atoms with Gasteiger partial charge in [-0.15, -0.1) is 0 Å². The van der Waals surface area contributed by atoms with Crippen LogP contribution in [-0.2, 0) is 17.5 Å². The second-order valence-corrected chi connectivity index (χ2v) is 7.69. The predicted molar refractivity (Wildman–Crippen MR) is 110 cm³/mol. The summed E-state index contributed by atoms with van der Waals surface area (Å²) in [6.45, 7) is 4.39. The number of rotatable bonds is 4. The van der Waals surface area contributed by atoms with Gasteiger partial charge in [0.2, 0.25) is 0 Å². The maximum Gasteiger partial charge on any atom is 0.435 e. The monoisotopic (exact) mass is 430 g/mol. The third kappa shape index (κ3) is 3.66. The van der Waals surface area contributed by atoms with Crippen LogP contribution in [0, 0.1) is 6.92 Å². The zero-order valence-corrected chi connectivity index (χ0v) is 16.8. The third-order valence-electron chi connectivity index (χ3n) is 5.49. The van der Waals surface area contributed by atoms with Crippen molar-refractivity contribution < 1.29 is 17.9 Å². The number of H-pyrrole nitrogens is 1. The molecule has 4 aromatic rings. The summed E-state index contributed by atoms with van der Waals surface area (Å²) in [7, 11) is 0. The van der Waals surface area contributed by atoms with E-state index in [1.165, 1.54) is 0 Å². The normalized spacial score (nSPS) is 17.6. The highest BCUT2D eigenvalue weighted by Gasteiger charge is 2.38. The Hall–Kier alpha value is -2.98. The predicted octanol–water partition coefficient (Wildman–Crippen LogP) is 3.68. The molecular formula is C21H21F3N6O. The molecule has 1 aliphatic heterocycles. The summed E-state index contributed by atoms with van der Waals surface area (Å²) >= 11 is 0. The van der Waals surface area contributed by atoms with E-state index in [-0.39, 0.29) is 11.6 Å². The Kier molecular flexibility index (Phi) is 4.90. The van der Waals surface area contributed by atoms with Crippen LogP contribution in [0.25, 0.3) is 33.6 Å². The van der Waals surface area contributed by atoms with Crippen molar-refractivity contribution in [3.8, 4) is 11.6 Å². The van der Waals surface area contributed by atoms with E-state index in [0.29, 0.717) is 54.2 Å². The van der Waals surface area contributed by atoms with Gasteiger partial charge in [-0.05, 0) is 25.0 Å². The highest BCUT2D eigenvalue weighted by Crippen LogP contribution is 2.38. The van der Waals surface area contributed by atoms with Crippen LogP contribution < -0.4 is 5.32 Å². The van der Waals surface area contributed by atoms with Crippen molar-refractivity contribution in [2.24, 2.45) is 0 Å². The number of aromatic amines is 1.